The molecule has 5 rings (SSSR count). The summed E-state index contributed by atoms with van der Waals surface area (Å²) in [7, 11) is 0. The van der Waals surface area contributed by atoms with Gasteiger partial charge >= 0.3 is 0 Å². The number of nitrogens with zero attached hydrogens (tertiary/aromatic N) is 6. The number of carbonyl (C=O) groups is 2. The smallest absolute Gasteiger partial charge is 0.227 e. The molecule has 0 atom stereocenters. The molecule has 4 saturated heterocycles. The van der Waals surface area contributed by atoms with Crippen molar-refractivity contribution in [3.8, 4) is 0 Å². The summed E-state index contributed by atoms with van der Waals surface area (Å²) in [5.74, 6) is 2.50. The van der Waals surface area contributed by atoms with E-state index >= 15 is 0 Å². The van der Waals surface area contributed by atoms with Crippen LogP contribution in [0.1, 0.15) is 56.9 Å². The second-order valence-electron chi connectivity index (χ2n) is 9.49. The summed E-state index contributed by atoms with van der Waals surface area (Å²) in [4.78, 5) is 42.6. The Balaban J connectivity index is 1.21. The van der Waals surface area contributed by atoms with Gasteiger partial charge in [0.2, 0.25) is 17.8 Å². The van der Waals surface area contributed by atoms with Gasteiger partial charge in [0.05, 0.1) is 0 Å². The molecule has 0 unspecified atom stereocenters. The predicted molar refractivity (Wildman–Crippen MR) is 119 cm³/mol. The first kappa shape index (κ1) is 20.5. The van der Waals surface area contributed by atoms with Gasteiger partial charge in [0.25, 0.3) is 0 Å². The average molecular weight is 427 g/mol. The Bertz CT molecular complexity index is 829. The summed E-state index contributed by atoms with van der Waals surface area (Å²) in [5.41, 5.74) is 1.11. The molecule has 1 aromatic heterocycles. The number of likely N-dealkylation sites (tertiary alicyclic amines) is 2. The van der Waals surface area contributed by atoms with Gasteiger partial charge in [-0.1, -0.05) is 0 Å². The van der Waals surface area contributed by atoms with Crippen molar-refractivity contribution in [2.45, 2.75) is 70.4 Å². The first-order valence-corrected chi connectivity index (χ1v) is 12.0. The number of hydrogen-bond acceptors (Lipinski definition) is 6. The zero-order valence-corrected chi connectivity index (χ0v) is 18.6. The molecule has 0 N–H and O–H groups in total. The molecule has 4 aliphatic heterocycles. The van der Waals surface area contributed by atoms with E-state index in [1.165, 1.54) is 0 Å². The molecule has 0 spiro atoms. The van der Waals surface area contributed by atoms with Crippen LogP contribution in [0, 0.1) is 6.92 Å². The van der Waals surface area contributed by atoms with Crippen molar-refractivity contribution in [2.24, 2.45) is 0 Å². The second-order valence-corrected chi connectivity index (χ2v) is 9.49. The second kappa shape index (κ2) is 8.63. The number of amides is 2. The fraction of sp³-hybridized carbons (Fsp3) is 0.739. The Kier molecular flexibility index (Phi) is 5.71. The van der Waals surface area contributed by atoms with Crippen molar-refractivity contribution in [3.05, 3.63) is 11.8 Å². The lowest BCUT2D eigenvalue weighted by Crippen LogP contribution is -2.46. The van der Waals surface area contributed by atoms with Gasteiger partial charge in [-0.3, -0.25) is 9.59 Å². The topological polar surface area (TPSA) is 72.9 Å². The minimum absolute atomic E-state index is 0.325. The summed E-state index contributed by atoms with van der Waals surface area (Å²) in [5, 5.41) is 0. The number of anilines is 2. The van der Waals surface area contributed by atoms with Gasteiger partial charge < -0.3 is 19.6 Å². The predicted octanol–water partition coefficient (Wildman–Crippen LogP) is 1.97. The van der Waals surface area contributed by atoms with Crippen LogP contribution in [0.25, 0.3) is 0 Å². The summed E-state index contributed by atoms with van der Waals surface area (Å²) in [6.07, 6.45) is 9.41. The Morgan fingerprint density at radius 2 is 1.29 bits per heavy atom. The van der Waals surface area contributed by atoms with Crippen LogP contribution in [0.3, 0.4) is 0 Å². The van der Waals surface area contributed by atoms with Crippen LogP contribution in [0.5, 0.6) is 0 Å². The minimum Gasteiger partial charge on any atom is -0.356 e. The highest BCUT2D eigenvalue weighted by Gasteiger charge is 2.33. The van der Waals surface area contributed by atoms with Crippen LogP contribution < -0.4 is 9.80 Å². The Labute approximate surface area is 184 Å². The largest absolute Gasteiger partial charge is 0.356 e. The highest BCUT2D eigenvalue weighted by atomic mass is 16.2. The van der Waals surface area contributed by atoms with Crippen molar-refractivity contribution in [1.82, 2.24) is 19.8 Å². The molecule has 4 fully saturated rings. The van der Waals surface area contributed by atoms with Crippen molar-refractivity contribution in [1.29, 1.82) is 0 Å². The van der Waals surface area contributed by atoms with Crippen LogP contribution in [0.15, 0.2) is 6.20 Å². The number of aromatic nitrogens is 2. The standard InChI is InChI=1S/C23H34N6O2/c1-17-16-24-23(27-14-8-19(9-15-27)29-11-3-5-21(29)31)25-22(17)26-12-6-18(7-13-26)28-10-2-4-20(28)30/h16,18-19H,2-15H2,1H3. The average Bonchev–Trinajstić information content (AvgIpc) is 3.42. The number of rotatable bonds is 4. The molecule has 8 heteroatoms. The van der Waals surface area contributed by atoms with Crippen LogP contribution in [-0.2, 0) is 9.59 Å². The van der Waals surface area contributed by atoms with Crippen molar-refractivity contribution in [3.63, 3.8) is 0 Å². The van der Waals surface area contributed by atoms with E-state index in [9.17, 15) is 9.59 Å². The maximum absolute atomic E-state index is 12.1. The zero-order chi connectivity index (χ0) is 21.4. The minimum atomic E-state index is 0.325. The van der Waals surface area contributed by atoms with E-state index in [0.717, 1.165) is 102 Å². The van der Waals surface area contributed by atoms with E-state index in [2.05, 4.69) is 31.5 Å². The Morgan fingerprint density at radius 1 is 0.774 bits per heavy atom. The molecule has 0 bridgehead atoms. The van der Waals surface area contributed by atoms with Crippen LogP contribution >= 0.6 is 0 Å². The van der Waals surface area contributed by atoms with Crippen LogP contribution in [0.4, 0.5) is 11.8 Å². The lowest BCUT2D eigenvalue weighted by Gasteiger charge is -2.39. The molecule has 4 aliphatic rings. The molecular formula is C23H34N6O2. The van der Waals surface area contributed by atoms with Gasteiger partial charge in [-0.25, -0.2) is 4.98 Å². The summed E-state index contributed by atoms with van der Waals surface area (Å²) >= 11 is 0. The van der Waals surface area contributed by atoms with Crippen LogP contribution in [0.2, 0.25) is 0 Å². The van der Waals surface area contributed by atoms with Crippen molar-refractivity contribution < 1.29 is 9.59 Å². The van der Waals surface area contributed by atoms with E-state index in [1.807, 2.05) is 6.20 Å². The summed E-state index contributed by atoms with van der Waals surface area (Å²) in [6, 6.07) is 0.767. The van der Waals surface area contributed by atoms with Gasteiger partial charge in [-0.15, -0.1) is 0 Å². The molecule has 5 heterocycles. The third kappa shape index (κ3) is 4.08. The van der Waals surface area contributed by atoms with E-state index in [0.29, 0.717) is 30.3 Å². The van der Waals surface area contributed by atoms with Crippen molar-refractivity contribution >= 4 is 23.6 Å². The fourth-order valence-corrected chi connectivity index (χ4v) is 5.77. The van der Waals surface area contributed by atoms with Gasteiger partial charge in [-0.05, 0) is 45.4 Å². The highest BCUT2D eigenvalue weighted by molar-refractivity contribution is 5.79. The van der Waals surface area contributed by atoms with Gasteiger partial charge in [-0.2, -0.15) is 4.98 Å². The number of carbonyl (C=O) groups excluding carboxylic acids is 2. The Morgan fingerprint density at radius 3 is 1.77 bits per heavy atom. The molecule has 31 heavy (non-hydrogen) atoms. The third-order valence-electron chi connectivity index (χ3n) is 7.55. The van der Waals surface area contributed by atoms with Gasteiger partial charge in [0, 0.05) is 76.0 Å². The Hall–Kier alpha value is -2.38. The third-order valence-corrected chi connectivity index (χ3v) is 7.55. The monoisotopic (exact) mass is 426 g/mol. The molecule has 8 nitrogen and oxygen atoms in total. The number of piperidine rings is 2. The first-order chi connectivity index (χ1) is 15.1. The molecular weight excluding hydrogens is 392 g/mol. The summed E-state index contributed by atoms with van der Waals surface area (Å²) in [6.45, 7) is 7.61. The fourth-order valence-electron chi connectivity index (χ4n) is 5.77. The lowest BCUT2D eigenvalue weighted by atomic mass is 10.0. The van der Waals surface area contributed by atoms with E-state index in [4.69, 9.17) is 4.98 Å². The molecule has 1 aromatic rings. The molecule has 0 saturated carbocycles. The van der Waals surface area contributed by atoms with E-state index in [-0.39, 0.29) is 0 Å². The normalized spacial score (nSPS) is 24.0. The maximum Gasteiger partial charge on any atom is 0.227 e. The zero-order valence-electron chi connectivity index (χ0n) is 18.6. The molecule has 0 radical (unpaired) electrons. The highest BCUT2D eigenvalue weighted by Crippen LogP contribution is 2.29. The molecule has 0 aromatic carbocycles. The SMILES string of the molecule is Cc1cnc(N2CCC(N3CCCC3=O)CC2)nc1N1CCC(N2CCCC2=O)CC1. The number of aryl methyl sites for hydroxylation is 1. The van der Waals surface area contributed by atoms with E-state index in [1.54, 1.807) is 0 Å². The first-order valence-electron chi connectivity index (χ1n) is 12.0. The lowest BCUT2D eigenvalue weighted by molar-refractivity contribution is -0.130. The van der Waals surface area contributed by atoms with Gasteiger partial charge in [0.1, 0.15) is 5.82 Å². The van der Waals surface area contributed by atoms with Crippen molar-refractivity contribution in [2.75, 3.05) is 49.1 Å². The summed E-state index contributed by atoms with van der Waals surface area (Å²) < 4.78 is 0. The molecule has 0 aliphatic carbocycles. The molecule has 2 amide bonds. The quantitative estimate of drug-likeness (QED) is 0.733. The number of hydrogen-bond donors (Lipinski definition) is 0. The van der Waals surface area contributed by atoms with E-state index < -0.39 is 0 Å². The maximum atomic E-state index is 12.1. The molecule has 168 valence electrons. The van der Waals surface area contributed by atoms with Gasteiger partial charge in [0.15, 0.2) is 0 Å². The van der Waals surface area contributed by atoms with Crippen LogP contribution in [-0.4, -0.2) is 82.9 Å².